The average molecular weight is 472 g/mol. The van der Waals surface area contributed by atoms with Crippen molar-refractivity contribution in [1.82, 2.24) is 29.2 Å². The number of anilines is 1. The van der Waals surface area contributed by atoms with Crippen LogP contribution in [0, 0.1) is 0 Å². The minimum Gasteiger partial charge on any atom is -0.324 e. The molecule has 0 spiro atoms. The van der Waals surface area contributed by atoms with E-state index in [1.807, 2.05) is 42.5 Å². The van der Waals surface area contributed by atoms with Gasteiger partial charge in [-0.05, 0) is 36.6 Å². The number of amides is 2. The molecule has 178 valence electrons. The molecule has 1 aromatic carbocycles. The molecule has 1 aliphatic rings. The highest BCUT2D eigenvalue weighted by Gasteiger charge is 2.26. The lowest BCUT2D eigenvalue weighted by Gasteiger charge is -2.31. The van der Waals surface area contributed by atoms with Gasteiger partial charge in [0.1, 0.15) is 5.69 Å². The first-order valence-corrected chi connectivity index (χ1v) is 11.4. The average Bonchev–Trinajstić information content (AvgIpc) is 3.29. The summed E-state index contributed by atoms with van der Waals surface area (Å²) in [7, 11) is 1.65. The van der Waals surface area contributed by atoms with E-state index in [0.717, 1.165) is 16.7 Å². The molecular formula is C25H25N7O3. The van der Waals surface area contributed by atoms with Crippen molar-refractivity contribution in [2.24, 2.45) is 7.05 Å². The van der Waals surface area contributed by atoms with Gasteiger partial charge in [0.05, 0.1) is 6.04 Å². The number of hydrogen-bond acceptors (Lipinski definition) is 5. The van der Waals surface area contributed by atoms with E-state index < -0.39 is 0 Å². The number of aromatic nitrogens is 5. The molecular weight excluding hydrogens is 446 g/mol. The quantitative estimate of drug-likeness (QED) is 0.475. The van der Waals surface area contributed by atoms with Crippen LogP contribution in [0.3, 0.4) is 0 Å². The molecule has 35 heavy (non-hydrogen) atoms. The van der Waals surface area contributed by atoms with Gasteiger partial charge in [-0.25, -0.2) is 14.3 Å². The zero-order valence-electron chi connectivity index (χ0n) is 19.2. The minimum atomic E-state index is -0.341. The second kappa shape index (κ2) is 9.41. The maximum absolute atomic E-state index is 12.9. The van der Waals surface area contributed by atoms with Crippen LogP contribution in [0.15, 0.2) is 76.7 Å². The second-order valence-corrected chi connectivity index (χ2v) is 8.53. The molecule has 0 saturated carbocycles. The molecule has 1 saturated heterocycles. The number of likely N-dealkylation sites (tertiary alicyclic amines) is 1. The van der Waals surface area contributed by atoms with Crippen molar-refractivity contribution in [2.45, 2.75) is 18.9 Å². The van der Waals surface area contributed by atoms with Crippen molar-refractivity contribution in [3.63, 3.8) is 0 Å². The Morgan fingerprint density at radius 2 is 1.71 bits per heavy atom. The number of hydrogen-bond donors (Lipinski definition) is 2. The lowest BCUT2D eigenvalue weighted by atomic mass is 10.1. The van der Waals surface area contributed by atoms with Gasteiger partial charge in [-0.1, -0.05) is 30.3 Å². The van der Waals surface area contributed by atoms with Gasteiger partial charge in [0.25, 0.3) is 5.56 Å². The third kappa shape index (κ3) is 4.63. The number of nitrogens with one attached hydrogen (secondary N) is 2. The Balaban J connectivity index is 1.27. The predicted octanol–water partition coefficient (Wildman–Crippen LogP) is 2.87. The smallest absolute Gasteiger partial charge is 0.324 e. The number of benzene rings is 1. The van der Waals surface area contributed by atoms with Crippen molar-refractivity contribution in [1.29, 1.82) is 0 Å². The van der Waals surface area contributed by atoms with Crippen LogP contribution in [0.4, 0.5) is 10.5 Å². The summed E-state index contributed by atoms with van der Waals surface area (Å²) < 4.78 is 2.93. The largest absolute Gasteiger partial charge is 0.343 e. The van der Waals surface area contributed by atoms with Gasteiger partial charge in [0.2, 0.25) is 0 Å². The third-order valence-electron chi connectivity index (χ3n) is 6.22. The van der Waals surface area contributed by atoms with E-state index in [1.165, 1.54) is 9.25 Å². The molecule has 10 nitrogen and oxygen atoms in total. The summed E-state index contributed by atoms with van der Waals surface area (Å²) in [5.74, 6) is 0.528. The number of aryl methyl sites for hydroxylation is 1. The Labute approximate surface area is 200 Å². The van der Waals surface area contributed by atoms with Crippen molar-refractivity contribution in [2.75, 3.05) is 18.4 Å². The first kappa shape index (κ1) is 22.3. The van der Waals surface area contributed by atoms with E-state index in [1.54, 1.807) is 36.6 Å². The predicted molar refractivity (Wildman–Crippen MR) is 132 cm³/mol. The summed E-state index contributed by atoms with van der Waals surface area (Å²) in [4.78, 5) is 46.6. The maximum atomic E-state index is 12.9. The lowest BCUT2D eigenvalue weighted by molar-refractivity contribution is 0.179. The summed E-state index contributed by atoms with van der Waals surface area (Å²) in [6.45, 7) is 0.891. The number of carbonyl (C=O) groups is 1. The molecule has 4 aromatic rings. The van der Waals surface area contributed by atoms with E-state index in [2.05, 4.69) is 20.4 Å². The van der Waals surface area contributed by atoms with Crippen LogP contribution >= 0.6 is 0 Å². The van der Waals surface area contributed by atoms with E-state index in [4.69, 9.17) is 0 Å². The molecule has 0 unspecified atom stereocenters. The molecule has 0 radical (unpaired) electrons. The number of carbonyl (C=O) groups excluding carboxylic acids is 1. The van der Waals surface area contributed by atoms with Crippen molar-refractivity contribution in [3.8, 4) is 22.5 Å². The maximum Gasteiger partial charge on any atom is 0.343 e. The molecule has 3 aromatic heterocycles. The Hall–Kier alpha value is -4.47. The highest BCUT2D eigenvalue weighted by molar-refractivity contribution is 5.90. The van der Waals surface area contributed by atoms with Gasteiger partial charge in [0, 0.05) is 49.9 Å². The first-order chi connectivity index (χ1) is 17.0. The van der Waals surface area contributed by atoms with E-state index in [-0.39, 0.29) is 29.0 Å². The molecule has 5 rings (SSSR count). The van der Waals surface area contributed by atoms with E-state index in [0.29, 0.717) is 31.8 Å². The minimum absolute atomic E-state index is 0.108. The standard InChI is InChI=1S/C25H25N7O3/c1-30-16-19(17-7-11-26-12-8-17)15-21(23(30)33)27-24(34)31-13-9-20(10-14-31)32-25(35)28-22(29-32)18-5-3-2-4-6-18/h2-8,11-12,15-16,20H,9-10,13-14H2,1H3,(H,27,34)(H,28,29,35). The summed E-state index contributed by atoms with van der Waals surface area (Å²) >= 11 is 0. The molecule has 2 amide bonds. The normalized spacial score (nSPS) is 14.1. The zero-order valence-corrected chi connectivity index (χ0v) is 19.2. The number of urea groups is 1. The van der Waals surface area contributed by atoms with Crippen molar-refractivity contribution < 1.29 is 4.79 Å². The lowest BCUT2D eigenvalue weighted by Crippen LogP contribution is -2.43. The van der Waals surface area contributed by atoms with Crippen LogP contribution in [-0.4, -0.2) is 48.3 Å². The summed E-state index contributed by atoms with van der Waals surface area (Å²) in [5.41, 5.74) is 2.20. The number of pyridine rings is 2. The monoisotopic (exact) mass is 471 g/mol. The van der Waals surface area contributed by atoms with Crippen LogP contribution in [0.5, 0.6) is 0 Å². The summed E-state index contributed by atoms with van der Waals surface area (Å²) in [5, 5.41) is 7.25. The number of H-pyrrole nitrogens is 1. The Morgan fingerprint density at radius 1 is 1.00 bits per heavy atom. The van der Waals surface area contributed by atoms with Crippen LogP contribution in [0.2, 0.25) is 0 Å². The topological polar surface area (TPSA) is 118 Å². The number of nitrogens with zero attached hydrogens (tertiary/aromatic N) is 5. The fourth-order valence-electron chi connectivity index (χ4n) is 4.32. The molecule has 0 aliphatic carbocycles. The number of piperidine rings is 1. The molecule has 1 aliphatic heterocycles. The van der Waals surface area contributed by atoms with Crippen LogP contribution in [0.25, 0.3) is 22.5 Å². The first-order valence-electron chi connectivity index (χ1n) is 11.4. The Bertz CT molecular complexity index is 1450. The van der Waals surface area contributed by atoms with Gasteiger partial charge >= 0.3 is 11.7 Å². The molecule has 0 atom stereocenters. The molecule has 2 N–H and O–H groups in total. The SMILES string of the molecule is Cn1cc(-c2ccncc2)cc(NC(=O)N2CCC(n3nc(-c4ccccc4)[nH]c3=O)CC2)c1=O. The van der Waals surface area contributed by atoms with E-state index in [9.17, 15) is 14.4 Å². The summed E-state index contributed by atoms with van der Waals surface area (Å²) in [6, 6.07) is 14.4. The highest BCUT2D eigenvalue weighted by Crippen LogP contribution is 2.23. The van der Waals surface area contributed by atoms with Crippen LogP contribution < -0.4 is 16.6 Å². The second-order valence-electron chi connectivity index (χ2n) is 8.53. The molecule has 10 heteroatoms. The Kier molecular flexibility index (Phi) is 6.01. The van der Waals surface area contributed by atoms with E-state index >= 15 is 0 Å². The third-order valence-corrected chi connectivity index (χ3v) is 6.22. The van der Waals surface area contributed by atoms with Crippen LogP contribution in [-0.2, 0) is 7.05 Å². The van der Waals surface area contributed by atoms with Gasteiger partial charge in [-0.15, -0.1) is 5.10 Å². The molecule has 4 heterocycles. The number of aromatic amines is 1. The molecule has 0 bridgehead atoms. The van der Waals surface area contributed by atoms with Crippen molar-refractivity contribution >= 4 is 11.7 Å². The van der Waals surface area contributed by atoms with Crippen LogP contribution in [0.1, 0.15) is 18.9 Å². The molecule has 1 fully saturated rings. The summed E-state index contributed by atoms with van der Waals surface area (Å²) in [6.07, 6.45) is 6.25. The van der Waals surface area contributed by atoms with Gasteiger partial charge in [-0.3, -0.25) is 14.8 Å². The fourth-order valence-corrected chi connectivity index (χ4v) is 4.32. The highest BCUT2D eigenvalue weighted by atomic mass is 16.2. The van der Waals surface area contributed by atoms with Gasteiger partial charge in [0.15, 0.2) is 5.82 Å². The fraction of sp³-hybridized carbons (Fsp3) is 0.240. The van der Waals surface area contributed by atoms with Gasteiger partial charge in [-0.2, -0.15) is 0 Å². The van der Waals surface area contributed by atoms with Gasteiger partial charge < -0.3 is 14.8 Å². The Morgan fingerprint density at radius 3 is 2.43 bits per heavy atom. The zero-order chi connectivity index (χ0) is 24.4. The number of rotatable bonds is 4. The van der Waals surface area contributed by atoms with Crippen molar-refractivity contribution in [3.05, 3.63) is 88.0 Å².